The Kier molecular flexibility index (Phi) is 9.04. The first-order chi connectivity index (χ1) is 13.8. The van der Waals surface area contributed by atoms with Gasteiger partial charge in [-0.15, -0.1) is 0 Å². The summed E-state index contributed by atoms with van der Waals surface area (Å²) in [5, 5.41) is 5.70. The van der Waals surface area contributed by atoms with Crippen LogP contribution in [0.15, 0.2) is 24.3 Å². The smallest absolute Gasteiger partial charge is 0.254 e. The van der Waals surface area contributed by atoms with Crippen LogP contribution in [0.1, 0.15) is 44.5 Å². The van der Waals surface area contributed by atoms with E-state index in [1.165, 1.54) is 18.2 Å². The Bertz CT molecular complexity index is 675. The van der Waals surface area contributed by atoms with Gasteiger partial charge in [-0.2, -0.15) is 0 Å². The van der Waals surface area contributed by atoms with Gasteiger partial charge in [0.15, 0.2) is 0 Å². The van der Waals surface area contributed by atoms with E-state index in [2.05, 4.69) is 29.4 Å². The number of carbonyl (C=O) groups is 2. The number of hydrogen-bond donors (Lipinski definition) is 2. The maximum atomic E-state index is 13.9. The van der Waals surface area contributed by atoms with Crippen molar-refractivity contribution in [3.8, 4) is 0 Å². The van der Waals surface area contributed by atoms with E-state index in [0.717, 1.165) is 19.5 Å². The molecule has 2 N–H and O–H groups in total. The third-order valence-corrected chi connectivity index (χ3v) is 5.17. The van der Waals surface area contributed by atoms with Gasteiger partial charge >= 0.3 is 0 Å². The van der Waals surface area contributed by atoms with Crippen LogP contribution in [0.25, 0.3) is 0 Å². The lowest BCUT2D eigenvalue weighted by molar-refractivity contribution is -0.124. The zero-order chi connectivity index (χ0) is 21.4. The van der Waals surface area contributed by atoms with Crippen molar-refractivity contribution in [2.75, 3.05) is 32.8 Å². The summed E-state index contributed by atoms with van der Waals surface area (Å²) in [5.74, 6) is -1.05. The van der Waals surface area contributed by atoms with Crippen molar-refractivity contribution in [2.24, 2.45) is 11.8 Å². The Balaban J connectivity index is 2.00. The second-order valence-electron chi connectivity index (χ2n) is 8.35. The Labute approximate surface area is 173 Å². The van der Waals surface area contributed by atoms with Gasteiger partial charge in [0.2, 0.25) is 5.91 Å². The first kappa shape index (κ1) is 23.3. The van der Waals surface area contributed by atoms with Gasteiger partial charge in [0.1, 0.15) is 11.9 Å². The van der Waals surface area contributed by atoms with Crippen molar-refractivity contribution < 1.29 is 18.7 Å². The number of nitrogens with zero attached hydrogens (tertiary/aromatic N) is 1. The SMILES string of the molecule is CC(C)CC(CNC(=O)C(NC(=O)c1ccccc1F)C(C)C)N1CCOCC1. The standard InChI is InChI=1S/C22H34FN3O3/c1-15(2)13-17(26-9-11-29-12-10-26)14-24-22(28)20(16(3)4)25-21(27)18-7-5-6-8-19(18)23/h5-8,15-17,20H,9-14H2,1-4H3,(H,24,28)(H,25,27). The lowest BCUT2D eigenvalue weighted by Crippen LogP contribution is -2.54. The number of ether oxygens (including phenoxy) is 1. The Morgan fingerprint density at radius 1 is 1.14 bits per heavy atom. The van der Waals surface area contributed by atoms with Gasteiger partial charge in [-0.05, 0) is 30.4 Å². The molecule has 1 aromatic rings. The quantitative estimate of drug-likeness (QED) is 0.660. The predicted molar refractivity (Wildman–Crippen MR) is 111 cm³/mol. The average molecular weight is 408 g/mol. The summed E-state index contributed by atoms with van der Waals surface area (Å²) < 4.78 is 19.3. The summed E-state index contributed by atoms with van der Waals surface area (Å²) in [4.78, 5) is 27.7. The first-order valence-corrected chi connectivity index (χ1v) is 10.4. The van der Waals surface area contributed by atoms with Crippen molar-refractivity contribution in [1.29, 1.82) is 0 Å². The molecule has 29 heavy (non-hydrogen) atoms. The van der Waals surface area contributed by atoms with E-state index in [4.69, 9.17) is 4.74 Å². The molecule has 2 amide bonds. The minimum absolute atomic E-state index is 0.0584. The first-order valence-electron chi connectivity index (χ1n) is 10.4. The van der Waals surface area contributed by atoms with Gasteiger partial charge in [0.25, 0.3) is 5.91 Å². The summed E-state index contributed by atoms with van der Waals surface area (Å²) in [5.41, 5.74) is -0.0584. The molecular formula is C22H34FN3O3. The van der Waals surface area contributed by atoms with E-state index in [0.29, 0.717) is 25.7 Å². The molecule has 0 aromatic heterocycles. The van der Waals surface area contributed by atoms with Crippen LogP contribution in [0, 0.1) is 17.7 Å². The molecule has 7 heteroatoms. The molecule has 0 saturated carbocycles. The average Bonchev–Trinajstić information content (AvgIpc) is 2.69. The summed E-state index contributed by atoms with van der Waals surface area (Å²) >= 11 is 0. The number of halogens is 1. The molecule has 2 rings (SSSR count). The van der Waals surface area contributed by atoms with Gasteiger partial charge < -0.3 is 15.4 Å². The molecule has 1 aromatic carbocycles. The van der Waals surface area contributed by atoms with E-state index in [1.54, 1.807) is 6.07 Å². The van der Waals surface area contributed by atoms with Crippen molar-refractivity contribution >= 4 is 11.8 Å². The van der Waals surface area contributed by atoms with Crippen LogP contribution < -0.4 is 10.6 Å². The largest absolute Gasteiger partial charge is 0.379 e. The van der Waals surface area contributed by atoms with Crippen LogP contribution in [-0.2, 0) is 9.53 Å². The molecule has 1 saturated heterocycles. The highest BCUT2D eigenvalue weighted by Gasteiger charge is 2.28. The summed E-state index contributed by atoms with van der Waals surface area (Å²) in [6.45, 7) is 11.7. The summed E-state index contributed by atoms with van der Waals surface area (Å²) in [6.07, 6.45) is 0.966. The molecule has 6 nitrogen and oxygen atoms in total. The molecule has 1 aliphatic heterocycles. The highest BCUT2D eigenvalue weighted by Crippen LogP contribution is 2.14. The predicted octanol–water partition coefficient (Wildman–Crippen LogP) is 2.44. The Morgan fingerprint density at radius 3 is 2.38 bits per heavy atom. The van der Waals surface area contributed by atoms with E-state index in [9.17, 15) is 14.0 Å². The van der Waals surface area contributed by atoms with E-state index >= 15 is 0 Å². The van der Waals surface area contributed by atoms with Crippen molar-refractivity contribution in [2.45, 2.75) is 46.2 Å². The van der Waals surface area contributed by atoms with Gasteiger partial charge in [-0.3, -0.25) is 14.5 Å². The normalized spacial score (nSPS) is 17.2. The Morgan fingerprint density at radius 2 is 1.79 bits per heavy atom. The van der Waals surface area contributed by atoms with Crippen molar-refractivity contribution in [3.63, 3.8) is 0 Å². The zero-order valence-electron chi connectivity index (χ0n) is 17.9. The van der Waals surface area contributed by atoms with E-state index in [1.807, 2.05) is 13.8 Å². The fourth-order valence-corrected chi connectivity index (χ4v) is 3.58. The third kappa shape index (κ3) is 7.08. The minimum atomic E-state index is -0.730. The maximum Gasteiger partial charge on any atom is 0.254 e. The number of benzene rings is 1. The van der Waals surface area contributed by atoms with Gasteiger partial charge in [-0.1, -0.05) is 39.8 Å². The molecule has 0 bridgehead atoms. The molecule has 1 heterocycles. The zero-order valence-corrected chi connectivity index (χ0v) is 17.9. The number of amides is 2. The number of carbonyl (C=O) groups excluding carboxylic acids is 2. The fraction of sp³-hybridized carbons (Fsp3) is 0.636. The number of hydrogen-bond acceptors (Lipinski definition) is 4. The van der Waals surface area contributed by atoms with Crippen LogP contribution in [0.2, 0.25) is 0 Å². The molecule has 2 unspecified atom stereocenters. The Hall–Kier alpha value is -1.99. The third-order valence-electron chi connectivity index (χ3n) is 5.17. The molecule has 2 atom stereocenters. The number of nitrogens with one attached hydrogen (secondary N) is 2. The lowest BCUT2D eigenvalue weighted by atomic mass is 10.00. The summed E-state index contributed by atoms with van der Waals surface area (Å²) in [6, 6.07) is 5.26. The second kappa shape index (κ2) is 11.3. The van der Waals surface area contributed by atoms with Crippen LogP contribution in [-0.4, -0.2) is 61.6 Å². The van der Waals surface area contributed by atoms with Crippen LogP contribution >= 0.6 is 0 Å². The minimum Gasteiger partial charge on any atom is -0.379 e. The van der Waals surface area contributed by atoms with Gasteiger partial charge in [0, 0.05) is 25.7 Å². The summed E-state index contributed by atoms with van der Waals surface area (Å²) in [7, 11) is 0. The van der Waals surface area contributed by atoms with Gasteiger partial charge in [0.05, 0.1) is 18.8 Å². The number of rotatable bonds is 9. The highest BCUT2D eigenvalue weighted by atomic mass is 19.1. The fourth-order valence-electron chi connectivity index (χ4n) is 3.58. The topological polar surface area (TPSA) is 70.7 Å². The monoisotopic (exact) mass is 407 g/mol. The maximum absolute atomic E-state index is 13.9. The van der Waals surface area contributed by atoms with Gasteiger partial charge in [-0.25, -0.2) is 4.39 Å². The van der Waals surface area contributed by atoms with Crippen molar-refractivity contribution in [3.05, 3.63) is 35.6 Å². The number of morpholine rings is 1. The molecule has 0 spiro atoms. The van der Waals surface area contributed by atoms with Crippen molar-refractivity contribution in [1.82, 2.24) is 15.5 Å². The molecule has 0 aliphatic carbocycles. The molecule has 1 fully saturated rings. The molecular weight excluding hydrogens is 373 g/mol. The molecule has 1 aliphatic rings. The van der Waals surface area contributed by atoms with Crippen LogP contribution in [0.4, 0.5) is 4.39 Å². The van der Waals surface area contributed by atoms with E-state index in [-0.39, 0.29) is 23.4 Å². The highest BCUT2D eigenvalue weighted by molar-refractivity contribution is 5.97. The lowest BCUT2D eigenvalue weighted by Gasteiger charge is -2.36. The van der Waals surface area contributed by atoms with Crippen LogP contribution in [0.3, 0.4) is 0 Å². The molecule has 162 valence electrons. The molecule has 0 radical (unpaired) electrons. The van der Waals surface area contributed by atoms with Crippen LogP contribution in [0.5, 0.6) is 0 Å². The van der Waals surface area contributed by atoms with E-state index < -0.39 is 17.8 Å². The second-order valence-corrected chi connectivity index (χ2v) is 8.35.